The van der Waals surface area contributed by atoms with Gasteiger partial charge in [0.25, 0.3) is 0 Å². The number of benzene rings is 2. The summed E-state index contributed by atoms with van der Waals surface area (Å²) in [5, 5.41) is 0.131. The minimum Gasteiger partial charge on any atom is -0.288 e. The quantitative estimate of drug-likeness (QED) is 0.579. The number of carbonyl (C=O) groups is 1. The third-order valence-electron chi connectivity index (χ3n) is 2.65. The Bertz CT molecular complexity index is 647. The Morgan fingerprint density at radius 2 is 1.60 bits per heavy atom. The van der Waals surface area contributed by atoms with Gasteiger partial charge < -0.3 is 0 Å². The molecule has 2 aromatic rings. The molecule has 0 unspecified atom stereocenters. The third-order valence-corrected chi connectivity index (χ3v) is 2.89. The maximum Gasteiger partial charge on any atom is 0.416 e. The van der Waals surface area contributed by atoms with Crippen LogP contribution in [0.2, 0.25) is 5.02 Å². The molecule has 1 nitrogen and oxygen atoms in total. The predicted molar refractivity (Wildman–Crippen MR) is 66.3 cm³/mol. The molecule has 0 amide bonds. The van der Waals surface area contributed by atoms with E-state index in [0.29, 0.717) is 0 Å². The summed E-state index contributed by atoms with van der Waals surface area (Å²) in [7, 11) is 0. The topological polar surface area (TPSA) is 17.1 Å². The first-order chi connectivity index (χ1) is 9.29. The van der Waals surface area contributed by atoms with Crippen molar-refractivity contribution in [2.45, 2.75) is 6.18 Å². The van der Waals surface area contributed by atoms with Gasteiger partial charge in [0.15, 0.2) is 5.78 Å². The van der Waals surface area contributed by atoms with Gasteiger partial charge in [0.05, 0.1) is 11.1 Å². The van der Waals surface area contributed by atoms with Crippen LogP contribution in [0.3, 0.4) is 0 Å². The molecule has 2 aromatic carbocycles. The lowest BCUT2D eigenvalue weighted by Gasteiger charge is -2.07. The summed E-state index contributed by atoms with van der Waals surface area (Å²) in [6.07, 6.45) is -4.48. The predicted octanol–water partition coefficient (Wildman–Crippen LogP) is 4.73. The molecule has 0 fully saturated rings. The maximum absolute atomic E-state index is 13.6. The average Bonchev–Trinajstić information content (AvgIpc) is 2.37. The Morgan fingerprint density at radius 3 is 2.10 bits per heavy atom. The standard InChI is InChI=1S/C14H7ClF4O/c15-10-5-6-11(12(16)7-10)13(20)8-1-3-9(4-2-8)14(17,18)19/h1-7H. The maximum atomic E-state index is 13.6. The number of hydrogen-bond donors (Lipinski definition) is 0. The van der Waals surface area contributed by atoms with E-state index in [2.05, 4.69) is 0 Å². The molecule has 0 aliphatic heterocycles. The first-order valence-electron chi connectivity index (χ1n) is 5.46. The Morgan fingerprint density at radius 1 is 1.00 bits per heavy atom. The summed E-state index contributed by atoms with van der Waals surface area (Å²) in [5.74, 6) is -1.52. The number of halogens is 5. The third kappa shape index (κ3) is 2.99. The summed E-state index contributed by atoms with van der Waals surface area (Å²) in [6.45, 7) is 0. The van der Waals surface area contributed by atoms with Crippen molar-refractivity contribution in [3.63, 3.8) is 0 Å². The zero-order valence-electron chi connectivity index (χ0n) is 9.84. The largest absolute Gasteiger partial charge is 0.416 e. The molecular weight excluding hydrogens is 296 g/mol. The fourth-order valence-electron chi connectivity index (χ4n) is 1.64. The van der Waals surface area contributed by atoms with E-state index < -0.39 is 23.3 Å². The first kappa shape index (κ1) is 14.5. The molecule has 2 rings (SSSR count). The first-order valence-corrected chi connectivity index (χ1v) is 5.84. The minimum absolute atomic E-state index is 0.0285. The van der Waals surface area contributed by atoms with E-state index in [1.807, 2.05) is 0 Å². The van der Waals surface area contributed by atoms with Crippen LogP contribution in [0.15, 0.2) is 42.5 Å². The summed E-state index contributed by atoms with van der Waals surface area (Å²) in [5.41, 5.74) is -1.14. The van der Waals surface area contributed by atoms with E-state index in [-0.39, 0.29) is 16.1 Å². The van der Waals surface area contributed by atoms with Gasteiger partial charge in [-0.05, 0) is 30.3 Å². The lowest BCUT2D eigenvalue weighted by Crippen LogP contribution is -2.07. The molecule has 0 N–H and O–H groups in total. The summed E-state index contributed by atoms with van der Waals surface area (Å²) in [4.78, 5) is 12.0. The monoisotopic (exact) mass is 302 g/mol. The molecule has 0 saturated carbocycles. The smallest absolute Gasteiger partial charge is 0.288 e. The molecule has 0 saturated heterocycles. The fourth-order valence-corrected chi connectivity index (χ4v) is 1.80. The second kappa shape index (κ2) is 5.25. The van der Waals surface area contributed by atoms with Crippen LogP contribution in [0.1, 0.15) is 21.5 Å². The Balaban J connectivity index is 2.34. The molecule has 0 radical (unpaired) electrons. The summed E-state index contributed by atoms with van der Waals surface area (Å²) < 4.78 is 50.7. The normalized spacial score (nSPS) is 11.4. The van der Waals surface area contributed by atoms with Crippen LogP contribution in [0.5, 0.6) is 0 Å². The lowest BCUT2D eigenvalue weighted by atomic mass is 10.0. The Kier molecular flexibility index (Phi) is 3.81. The Hall–Kier alpha value is -1.88. The van der Waals surface area contributed by atoms with Gasteiger partial charge in [-0.3, -0.25) is 4.79 Å². The van der Waals surface area contributed by atoms with Crippen molar-refractivity contribution in [3.05, 3.63) is 70.0 Å². The van der Waals surface area contributed by atoms with E-state index in [0.717, 1.165) is 30.3 Å². The molecule has 0 heterocycles. The van der Waals surface area contributed by atoms with Crippen molar-refractivity contribution in [1.82, 2.24) is 0 Å². The van der Waals surface area contributed by atoms with Gasteiger partial charge in [-0.15, -0.1) is 0 Å². The van der Waals surface area contributed by atoms with Crippen LogP contribution in [0.4, 0.5) is 17.6 Å². The van der Waals surface area contributed by atoms with E-state index in [1.54, 1.807) is 0 Å². The van der Waals surface area contributed by atoms with Gasteiger partial charge in [-0.1, -0.05) is 23.7 Å². The van der Waals surface area contributed by atoms with Gasteiger partial charge in [0, 0.05) is 10.6 Å². The summed E-state index contributed by atoms with van der Waals surface area (Å²) >= 11 is 5.56. The summed E-state index contributed by atoms with van der Waals surface area (Å²) in [6, 6.07) is 7.08. The van der Waals surface area contributed by atoms with Crippen LogP contribution < -0.4 is 0 Å². The number of ketones is 1. The lowest BCUT2D eigenvalue weighted by molar-refractivity contribution is -0.137. The van der Waals surface area contributed by atoms with Gasteiger partial charge in [0.2, 0.25) is 0 Å². The van der Waals surface area contributed by atoms with Crippen LogP contribution in [0, 0.1) is 5.82 Å². The molecule has 0 aliphatic rings. The highest BCUT2D eigenvalue weighted by Crippen LogP contribution is 2.29. The van der Waals surface area contributed by atoms with Crippen LogP contribution in [-0.2, 0) is 6.18 Å². The van der Waals surface area contributed by atoms with Crippen molar-refractivity contribution >= 4 is 17.4 Å². The molecule has 6 heteroatoms. The molecule has 104 valence electrons. The van der Waals surface area contributed by atoms with Crippen LogP contribution in [-0.4, -0.2) is 5.78 Å². The van der Waals surface area contributed by atoms with E-state index in [4.69, 9.17) is 11.6 Å². The van der Waals surface area contributed by atoms with Crippen molar-refractivity contribution in [3.8, 4) is 0 Å². The number of alkyl halides is 3. The van der Waals surface area contributed by atoms with E-state index in [1.165, 1.54) is 12.1 Å². The SMILES string of the molecule is O=C(c1ccc(C(F)(F)F)cc1)c1ccc(Cl)cc1F. The number of rotatable bonds is 2. The molecule has 0 aliphatic carbocycles. The molecule has 0 spiro atoms. The average molecular weight is 303 g/mol. The number of hydrogen-bond acceptors (Lipinski definition) is 1. The molecule has 0 bridgehead atoms. The molecule has 0 atom stereocenters. The van der Waals surface area contributed by atoms with E-state index >= 15 is 0 Å². The van der Waals surface area contributed by atoms with Crippen LogP contribution in [0.25, 0.3) is 0 Å². The minimum atomic E-state index is -4.48. The van der Waals surface area contributed by atoms with Crippen molar-refractivity contribution in [2.75, 3.05) is 0 Å². The van der Waals surface area contributed by atoms with Gasteiger partial charge in [-0.2, -0.15) is 13.2 Å². The zero-order valence-corrected chi connectivity index (χ0v) is 10.6. The molecular formula is C14H7ClF4O. The second-order valence-corrected chi connectivity index (χ2v) is 4.46. The van der Waals surface area contributed by atoms with Crippen molar-refractivity contribution in [2.24, 2.45) is 0 Å². The van der Waals surface area contributed by atoms with Gasteiger partial charge in [0.1, 0.15) is 5.82 Å². The van der Waals surface area contributed by atoms with Gasteiger partial charge >= 0.3 is 6.18 Å². The number of carbonyl (C=O) groups excluding carboxylic acids is 1. The Labute approximate surface area is 116 Å². The zero-order chi connectivity index (χ0) is 14.9. The van der Waals surface area contributed by atoms with Crippen LogP contribution >= 0.6 is 11.6 Å². The van der Waals surface area contributed by atoms with E-state index in [9.17, 15) is 22.4 Å². The highest BCUT2D eigenvalue weighted by molar-refractivity contribution is 6.30. The molecule has 20 heavy (non-hydrogen) atoms. The van der Waals surface area contributed by atoms with Crippen molar-refractivity contribution in [1.29, 1.82) is 0 Å². The molecule has 0 aromatic heterocycles. The van der Waals surface area contributed by atoms with Gasteiger partial charge in [-0.25, -0.2) is 4.39 Å². The highest BCUT2D eigenvalue weighted by atomic mass is 35.5. The highest BCUT2D eigenvalue weighted by Gasteiger charge is 2.30. The second-order valence-electron chi connectivity index (χ2n) is 4.03. The fraction of sp³-hybridized carbons (Fsp3) is 0.0714. The van der Waals surface area contributed by atoms with Crippen molar-refractivity contribution < 1.29 is 22.4 Å².